The maximum Gasteiger partial charge on any atom is 0.179 e. The van der Waals surface area contributed by atoms with E-state index < -0.39 is 0 Å². The zero-order chi connectivity index (χ0) is 14.5. The molecule has 0 aliphatic heterocycles. The number of rotatable bonds is 4. The molecule has 0 radical (unpaired) electrons. The van der Waals surface area contributed by atoms with Crippen LogP contribution in [-0.4, -0.2) is 29.8 Å². The second-order valence-electron chi connectivity index (χ2n) is 5.86. The summed E-state index contributed by atoms with van der Waals surface area (Å²) in [5, 5.41) is 0.625. The van der Waals surface area contributed by atoms with Gasteiger partial charge in [0.1, 0.15) is 0 Å². The molecule has 1 aromatic carbocycles. The first-order chi connectivity index (χ1) is 9.59. The van der Waals surface area contributed by atoms with Gasteiger partial charge in [0.15, 0.2) is 5.78 Å². The van der Waals surface area contributed by atoms with Gasteiger partial charge in [-0.25, -0.2) is 0 Å². The molecule has 0 N–H and O–H groups in total. The number of carbonyl (C=O) groups is 1. The van der Waals surface area contributed by atoms with Crippen molar-refractivity contribution in [3.8, 4) is 0 Å². The van der Waals surface area contributed by atoms with Crippen LogP contribution in [0.25, 0.3) is 0 Å². The number of ketones is 1. The van der Waals surface area contributed by atoms with Gasteiger partial charge in [0.05, 0.1) is 6.04 Å². The van der Waals surface area contributed by atoms with Crippen LogP contribution >= 0.6 is 11.6 Å². The summed E-state index contributed by atoms with van der Waals surface area (Å²) in [6.45, 7) is 2.01. The quantitative estimate of drug-likeness (QED) is 0.599. The molecule has 0 aromatic heterocycles. The molecule has 1 aliphatic rings. The first kappa shape index (κ1) is 15.5. The number of benzene rings is 1. The maximum atomic E-state index is 12.6. The van der Waals surface area contributed by atoms with Crippen molar-refractivity contribution in [3.63, 3.8) is 0 Å². The molecule has 2 rings (SSSR count). The van der Waals surface area contributed by atoms with Gasteiger partial charge in [-0.05, 0) is 38.9 Å². The Balaban J connectivity index is 2.05. The summed E-state index contributed by atoms with van der Waals surface area (Å²) in [6, 6.07) is 7.71. The van der Waals surface area contributed by atoms with Gasteiger partial charge >= 0.3 is 0 Å². The van der Waals surface area contributed by atoms with Crippen LogP contribution in [0.1, 0.15) is 55.8 Å². The monoisotopic (exact) mass is 293 g/mol. The Morgan fingerprint density at radius 3 is 2.50 bits per heavy atom. The number of hydrogen-bond acceptors (Lipinski definition) is 2. The average molecular weight is 294 g/mol. The number of carbonyl (C=O) groups excluding carboxylic acids is 1. The Labute approximate surface area is 127 Å². The average Bonchev–Trinajstić information content (AvgIpc) is 2.74. The standard InChI is InChI=1S/C17H24ClNO/c1-13(17(20)14-8-7-9-15(18)12-14)19(2)16-10-5-3-4-6-11-16/h7-9,12-13,16H,3-6,10-11H2,1-2H3. The molecule has 0 spiro atoms. The van der Waals surface area contributed by atoms with E-state index >= 15 is 0 Å². The third-order valence-corrected chi connectivity index (χ3v) is 4.74. The van der Waals surface area contributed by atoms with Gasteiger partial charge in [0.25, 0.3) is 0 Å². The molecule has 3 heteroatoms. The minimum Gasteiger partial charge on any atom is -0.294 e. The zero-order valence-corrected chi connectivity index (χ0v) is 13.2. The molecule has 1 unspecified atom stereocenters. The van der Waals surface area contributed by atoms with E-state index in [9.17, 15) is 4.79 Å². The van der Waals surface area contributed by atoms with E-state index in [1.54, 1.807) is 12.1 Å². The van der Waals surface area contributed by atoms with E-state index in [2.05, 4.69) is 11.9 Å². The number of hydrogen-bond donors (Lipinski definition) is 0. The van der Waals surface area contributed by atoms with Gasteiger partial charge < -0.3 is 0 Å². The molecule has 2 nitrogen and oxygen atoms in total. The van der Waals surface area contributed by atoms with Gasteiger partial charge in [-0.2, -0.15) is 0 Å². The Kier molecular flexibility index (Phi) is 5.62. The van der Waals surface area contributed by atoms with E-state index in [1.165, 1.54) is 38.5 Å². The summed E-state index contributed by atoms with van der Waals surface area (Å²) in [5.74, 6) is 0.166. The van der Waals surface area contributed by atoms with E-state index in [0.717, 1.165) is 0 Å². The zero-order valence-electron chi connectivity index (χ0n) is 12.4. The largest absolute Gasteiger partial charge is 0.294 e. The highest BCUT2D eigenvalue weighted by Gasteiger charge is 2.26. The molecule has 0 heterocycles. The van der Waals surface area contributed by atoms with Crippen molar-refractivity contribution in [2.75, 3.05) is 7.05 Å². The van der Waals surface area contributed by atoms with Crippen molar-refractivity contribution in [3.05, 3.63) is 34.9 Å². The number of halogens is 1. The van der Waals surface area contributed by atoms with Crippen LogP contribution in [0.5, 0.6) is 0 Å². The van der Waals surface area contributed by atoms with Crippen molar-refractivity contribution < 1.29 is 4.79 Å². The molecule has 20 heavy (non-hydrogen) atoms. The summed E-state index contributed by atoms with van der Waals surface area (Å²) in [7, 11) is 2.09. The first-order valence-electron chi connectivity index (χ1n) is 7.61. The van der Waals surface area contributed by atoms with E-state index in [0.29, 0.717) is 16.6 Å². The molecule has 0 amide bonds. The Hall–Kier alpha value is -0.860. The van der Waals surface area contributed by atoms with Crippen LogP contribution in [-0.2, 0) is 0 Å². The summed E-state index contributed by atoms with van der Waals surface area (Å²) in [4.78, 5) is 14.8. The molecular formula is C17H24ClNO. The number of Topliss-reactive ketones (excluding diaryl/α,β-unsaturated/α-hetero) is 1. The molecule has 1 saturated carbocycles. The summed E-state index contributed by atoms with van der Waals surface area (Å²) in [5.41, 5.74) is 0.713. The van der Waals surface area contributed by atoms with Gasteiger partial charge in [-0.1, -0.05) is 49.4 Å². The van der Waals surface area contributed by atoms with Crippen LogP contribution in [0.15, 0.2) is 24.3 Å². The summed E-state index contributed by atoms with van der Waals surface area (Å²) in [6.07, 6.45) is 7.66. The predicted molar refractivity (Wildman–Crippen MR) is 84.5 cm³/mol. The molecule has 1 fully saturated rings. The molecular weight excluding hydrogens is 270 g/mol. The van der Waals surface area contributed by atoms with E-state index in [1.807, 2.05) is 19.1 Å². The molecule has 1 atom stereocenters. The SMILES string of the molecule is CC(C(=O)c1cccc(Cl)c1)N(C)C1CCCCCC1. The highest BCUT2D eigenvalue weighted by Crippen LogP contribution is 2.23. The Bertz CT molecular complexity index is 452. The fraction of sp³-hybridized carbons (Fsp3) is 0.588. The lowest BCUT2D eigenvalue weighted by molar-refractivity contribution is 0.0802. The number of nitrogens with zero attached hydrogens (tertiary/aromatic N) is 1. The number of likely N-dealkylation sites (N-methyl/N-ethyl adjacent to an activating group) is 1. The third kappa shape index (κ3) is 3.83. The lowest BCUT2D eigenvalue weighted by Crippen LogP contribution is -2.42. The highest BCUT2D eigenvalue weighted by atomic mass is 35.5. The Morgan fingerprint density at radius 1 is 1.25 bits per heavy atom. The van der Waals surface area contributed by atoms with Crippen molar-refractivity contribution in [2.45, 2.75) is 57.5 Å². The molecule has 110 valence electrons. The second kappa shape index (κ2) is 7.24. The lowest BCUT2D eigenvalue weighted by atomic mass is 10.0. The summed E-state index contributed by atoms with van der Waals surface area (Å²) >= 11 is 5.98. The van der Waals surface area contributed by atoms with Gasteiger partial charge in [0.2, 0.25) is 0 Å². The smallest absolute Gasteiger partial charge is 0.179 e. The molecule has 0 bridgehead atoms. The van der Waals surface area contributed by atoms with Crippen molar-refractivity contribution in [1.29, 1.82) is 0 Å². The van der Waals surface area contributed by atoms with E-state index in [-0.39, 0.29) is 11.8 Å². The molecule has 0 saturated heterocycles. The van der Waals surface area contributed by atoms with E-state index in [4.69, 9.17) is 11.6 Å². The predicted octanol–water partition coefficient (Wildman–Crippen LogP) is 4.57. The van der Waals surface area contributed by atoms with Gasteiger partial charge in [-0.15, -0.1) is 0 Å². The fourth-order valence-electron chi connectivity index (χ4n) is 3.05. The van der Waals surface area contributed by atoms with Crippen molar-refractivity contribution >= 4 is 17.4 Å². The topological polar surface area (TPSA) is 20.3 Å². The Morgan fingerprint density at radius 2 is 1.90 bits per heavy atom. The molecule has 1 aliphatic carbocycles. The van der Waals surface area contributed by atoms with Gasteiger partial charge in [0, 0.05) is 16.6 Å². The second-order valence-corrected chi connectivity index (χ2v) is 6.30. The third-order valence-electron chi connectivity index (χ3n) is 4.50. The van der Waals surface area contributed by atoms with Crippen LogP contribution in [0.3, 0.4) is 0 Å². The van der Waals surface area contributed by atoms with Crippen molar-refractivity contribution in [1.82, 2.24) is 4.90 Å². The lowest BCUT2D eigenvalue weighted by Gasteiger charge is -2.31. The fourth-order valence-corrected chi connectivity index (χ4v) is 3.24. The van der Waals surface area contributed by atoms with Crippen molar-refractivity contribution in [2.24, 2.45) is 0 Å². The molecule has 1 aromatic rings. The first-order valence-corrected chi connectivity index (χ1v) is 7.99. The highest BCUT2D eigenvalue weighted by molar-refractivity contribution is 6.31. The van der Waals surface area contributed by atoms with Gasteiger partial charge in [-0.3, -0.25) is 9.69 Å². The maximum absolute atomic E-state index is 12.6. The minimum atomic E-state index is -0.0865. The van der Waals surface area contributed by atoms with Crippen LogP contribution in [0, 0.1) is 0 Å². The normalized spacial score (nSPS) is 18.8. The minimum absolute atomic E-state index is 0.0865. The van der Waals surface area contributed by atoms with Crippen LogP contribution < -0.4 is 0 Å². The van der Waals surface area contributed by atoms with Crippen LogP contribution in [0.2, 0.25) is 5.02 Å². The summed E-state index contributed by atoms with van der Waals surface area (Å²) < 4.78 is 0. The van der Waals surface area contributed by atoms with Crippen LogP contribution in [0.4, 0.5) is 0 Å².